The normalized spacial score (nSPS) is 13.0. The highest BCUT2D eigenvalue weighted by atomic mass is 32.1. The third kappa shape index (κ3) is 4.41. The Labute approximate surface area is 195 Å². The summed E-state index contributed by atoms with van der Waals surface area (Å²) in [6.07, 6.45) is 4.22. The number of carbonyl (C=O) groups is 1. The van der Waals surface area contributed by atoms with Crippen molar-refractivity contribution in [3.05, 3.63) is 91.8 Å². The number of nitrogens with zero attached hydrogens (tertiary/aromatic N) is 2. The predicted molar refractivity (Wildman–Crippen MR) is 131 cm³/mol. The van der Waals surface area contributed by atoms with E-state index in [0.29, 0.717) is 22.7 Å². The SMILES string of the molecule is Cc1ccc(C(=O)Nc2cc(C)ccc2OCc2cc(=O)n3c4c(sc3n2)CCCC4)cc1. The Bertz CT molecular complexity index is 1400. The lowest BCUT2D eigenvalue weighted by Gasteiger charge is -2.14. The zero-order valence-electron chi connectivity index (χ0n) is 18.7. The van der Waals surface area contributed by atoms with E-state index in [0.717, 1.165) is 47.5 Å². The summed E-state index contributed by atoms with van der Waals surface area (Å²) in [7, 11) is 0. The third-order valence-corrected chi connectivity index (χ3v) is 7.03. The number of aryl methyl sites for hydroxylation is 4. The van der Waals surface area contributed by atoms with Gasteiger partial charge in [0.2, 0.25) is 0 Å². The van der Waals surface area contributed by atoms with Crippen LogP contribution >= 0.6 is 11.3 Å². The maximum Gasteiger partial charge on any atom is 0.259 e. The molecular formula is C26H25N3O3S. The lowest BCUT2D eigenvalue weighted by Crippen LogP contribution is -2.18. The van der Waals surface area contributed by atoms with Crippen LogP contribution in [0.4, 0.5) is 5.69 Å². The molecule has 0 saturated carbocycles. The van der Waals surface area contributed by atoms with Gasteiger partial charge in [-0.2, -0.15) is 0 Å². The second-order valence-corrected chi connectivity index (χ2v) is 9.55. The summed E-state index contributed by atoms with van der Waals surface area (Å²) in [4.78, 5) is 32.2. The van der Waals surface area contributed by atoms with Crippen LogP contribution in [0.3, 0.4) is 0 Å². The Kier molecular flexibility index (Phi) is 5.72. The van der Waals surface area contributed by atoms with E-state index >= 15 is 0 Å². The highest BCUT2D eigenvalue weighted by Crippen LogP contribution is 2.29. The molecule has 0 atom stereocenters. The van der Waals surface area contributed by atoms with Gasteiger partial charge < -0.3 is 10.1 Å². The summed E-state index contributed by atoms with van der Waals surface area (Å²) in [6, 6.07) is 14.6. The van der Waals surface area contributed by atoms with Gasteiger partial charge in [-0.05, 0) is 69.4 Å². The van der Waals surface area contributed by atoms with Crippen LogP contribution in [0.1, 0.15) is 50.6 Å². The minimum atomic E-state index is -0.201. The molecule has 1 amide bonds. The van der Waals surface area contributed by atoms with Crippen LogP contribution in [0.5, 0.6) is 5.75 Å². The molecule has 6 nitrogen and oxygen atoms in total. The van der Waals surface area contributed by atoms with Crippen LogP contribution in [-0.4, -0.2) is 15.3 Å². The number of hydrogen-bond donors (Lipinski definition) is 1. The summed E-state index contributed by atoms with van der Waals surface area (Å²) in [5.74, 6) is 0.334. The maximum absolute atomic E-state index is 12.8. The second-order valence-electron chi connectivity index (χ2n) is 8.49. The molecule has 2 heterocycles. The Hall–Kier alpha value is -3.45. The Balaban J connectivity index is 1.37. The summed E-state index contributed by atoms with van der Waals surface area (Å²) in [5.41, 5.74) is 4.90. The fourth-order valence-electron chi connectivity index (χ4n) is 4.13. The molecule has 4 aromatic rings. The van der Waals surface area contributed by atoms with Crippen molar-refractivity contribution in [2.45, 2.75) is 46.1 Å². The Morgan fingerprint density at radius 3 is 2.64 bits per heavy atom. The van der Waals surface area contributed by atoms with Gasteiger partial charge in [0.25, 0.3) is 11.5 Å². The number of aromatic nitrogens is 2. The topological polar surface area (TPSA) is 72.7 Å². The van der Waals surface area contributed by atoms with E-state index in [1.165, 1.54) is 4.88 Å². The van der Waals surface area contributed by atoms with Crippen LogP contribution in [-0.2, 0) is 19.4 Å². The first-order chi connectivity index (χ1) is 16.0. The number of carbonyl (C=O) groups excluding carboxylic acids is 1. The first-order valence-electron chi connectivity index (χ1n) is 11.1. The van der Waals surface area contributed by atoms with Crippen LogP contribution in [0.2, 0.25) is 0 Å². The van der Waals surface area contributed by atoms with Gasteiger partial charge in [-0.15, -0.1) is 11.3 Å². The van der Waals surface area contributed by atoms with E-state index in [2.05, 4.69) is 10.3 Å². The Morgan fingerprint density at radius 1 is 1.06 bits per heavy atom. The number of amides is 1. The third-order valence-electron chi connectivity index (χ3n) is 5.89. The zero-order valence-corrected chi connectivity index (χ0v) is 19.5. The van der Waals surface area contributed by atoms with Crippen molar-refractivity contribution in [3.63, 3.8) is 0 Å². The van der Waals surface area contributed by atoms with Crippen LogP contribution < -0.4 is 15.6 Å². The molecule has 2 aromatic carbocycles. The van der Waals surface area contributed by atoms with Crippen molar-refractivity contribution in [3.8, 4) is 5.75 Å². The standard InChI is InChI=1S/C26H25N3O3S/c1-16-7-10-18(11-8-16)25(31)28-20-13-17(2)9-12-22(20)32-15-19-14-24(30)29-21-5-3-4-6-23(21)33-26(29)27-19/h7-14H,3-6,15H2,1-2H3,(H,28,31). The van der Waals surface area contributed by atoms with Crippen molar-refractivity contribution in [2.75, 3.05) is 5.32 Å². The molecule has 2 aromatic heterocycles. The molecule has 0 aliphatic heterocycles. The van der Waals surface area contributed by atoms with E-state index < -0.39 is 0 Å². The molecule has 0 fully saturated rings. The fraction of sp³-hybridized carbons (Fsp3) is 0.269. The van der Waals surface area contributed by atoms with Gasteiger partial charge >= 0.3 is 0 Å². The summed E-state index contributed by atoms with van der Waals surface area (Å²) >= 11 is 1.60. The van der Waals surface area contributed by atoms with Crippen molar-refractivity contribution < 1.29 is 9.53 Å². The number of fused-ring (bicyclic) bond motifs is 3. The molecular weight excluding hydrogens is 434 g/mol. The molecule has 1 N–H and O–H groups in total. The highest BCUT2D eigenvalue weighted by Gasteiger charge is 2.19. The zero-order chi connectivity index (χ0) is 22.9. The molecule has 33 heavy (non-hydrogen) atoms. The molecule has 0 spiro atoms. The van der Waals surface area contributed by atoms with Crippen LogP contribution in [0.15, 0.2) is 53.3 Å². The van der Waals surface area contributed by atoms with Gasteiger partial charge in [0, 0.05) is 22.2 Å². The minimum absolute atomic E-state index is 0.0604. The van der Waals surface area contributed by atoms with Gasteiger partial charge in [-0.3, -0.25) is 14.0 Å². The smallest absolute Gasteiger partial charge is 0.259 e. The predicted octanol–water partition coefficient (Wildman–Crippen LogP) is 5.08. The number of nitrogens with one attached hydrogen (secondary N) is 1. The maximum atomic E-state index is 12.8. The molecule has 5 rings (SSSR count). The first-order valence-corrected chi connectivity index (χ1v) is 11.9. The van der Waals surface area contributed by atoms with Crippen molar-refractivity contribution in [2.24, 2.45) is 0 Å². The monoisotopic (exact) mass is 459 g/mol. The molecule has 0 radical (unpaired) electrons. The molecule has 0 saturated heterocycles. The lowest BCUT2D eigenvalue weighted by molar-refractivity contribution is 0.102. The van der Waals surface area contributed by atoms with E-state index in [4.69, 9.17) is 4.74 Å². The summed E-state index contributed by atoms with van der Waals surface area (Å²) < 4.78 is 7.77. The van der Waals surface area contributed by atoms with Gasteiger partial charge in [0.15, 0.2) is 4.96 Å². The molecule has 7 heteroatoms. The van der Waals surface area contributed by atoms with E-state index in [1.54, 1.807) is 33.9 Å². The van der Waals surface area contributed by atoms with Gasteiger partial charge in [-0.1, -0.05) is 23.8 Å². The number of thiazole rings is 1. The van der Waals surface area contributed by atoms with Crippen molar-refractivity contribution in [1.29, 1.82) is 0 Å². The molecule has 0 unspecified atom stereocenters. The van der Waals surface area contributed by atoms with E-state index in [-0.39, 0.29) is 18.1 Å². The lowest BCUT2D eigenvalue weighted by atomic mass is 10.0. The van der Waals surface area contributed by atoms with Crippen LogP contribution in [0.25, 0.3) is 4.96 Å². The number of hydrogen-bond acceptors (Lipinski definition) is 5. The first kappa shape index (κ1) is 21.4. The van der Waals surface area contributed by atoms with Gasteiger partial charge in [-0.25, -0.2) is 4.98 Å². The average Bonchev–Trinajstić information content (AvgIpc) is 3.18. The van der Waals surface area contributed by atoms with E-state index in [1.807, 2.05) is 44.2 Å². The minimum Gasteiger partial charge on any atom is -0.485 e. The Morgan fingerprint density at radius 2 is 1.82 bits per heavy atom. The number of rotatable bonds is 5. The molecule has 0 bridgehead atoms. The van der Waals surface area contributed by atoms with Crippen molar-refractivity contribution >= 4 is 27.9 Å². The quantitative estimate of drug-likeness (QED) is 0.452. The molecule has 168 valence electrons. The summed E-state index contributed by atoms with van der Waals surface area (Å²) in [6.45, 7) is 4.09. The number of ether oxygens (including phenoxy) is 1. The molecule has 1 aliphatic rings. The van der Waals surface area contributed by atoms with Gasteiger partial charge in [0.05, 0.1) is 11.4 Å². The molecule has 1 aliphatic carbocycles. The largest absolute Gasteiger partial charge is 0.485 e. The number of benzene rings is 2. The van der Waals surface area contributed by atoms with Crippen molar-refractivity contribution in [1.82, 2.24) is 9.38 Å². The summed E-state index contributed by atoms with van der Waals surface area (Å²) in [5, 5.41) is 2.95. The number of anilines is 1. The average molecular weight is 460 g/mol. The highest BCUT2D eigenvalue weighted by molar-refractivity contribution is 7.17. The van der Waals surface area contributed by atoms with Gasteiger partial charge in [0.1, 0.15) is 12.4 Å². The van der Waals surface area contributed by atoms with E-state index in [9.17, 15) is 9.59 Å². The second kappa shape index (κ2) is 8.83. The fourth-order valence-corrected chi connectivity index (χ4v) is 5.37. The van der Waals surface area contributed by atoms with Crippen LogP contribution in [0, 0.1) is 13.8 Å².